The van der Waals surface area contributed by atoms with E-state index in [1.54, 1.807) is 32.6 Å². The van der Waals surface area contributed by atoms with Crippen molar-refractivity contribution in [3.63, 3.8) is 0 Å². The van der Waals surface area contributed by atoms with Crippen molar-refractivity contribution in [2.24, 2.45) is 15.0 Å². The van der Waals surface area contributed by atoms with Crippen LogP contribution in [-0.2, 0) is 0 Å². The quantitative estimate of drug-likeness (QED) is 0.501. The van der Waals surface area contributed by atoms with E-state index in [0.717, 1.165) is 33.0 Å². The zero-order valence-electron chi connectivity index (χ0n) is 16.3. The van der Waals surface area contributed by atoms with Gasteiger partial charge < -0.3 is 9.46 Å². The molecule has 1 aromatic carbocycles. The molecule has 1 N–H and O–H groups in total. The topological polar surface area (TPSA) is 71.2 Å². The number of aromatic nitrogens is 1. The Morgan fingerprint density at radius 3 is 2.86 bits per heavy atom. The van der Waals surface area contributed by atoms with E-state index >= 15 is 0 Å². The van der Waals surface area contributed by atoms with Gasteiger partial charge in [-0.05, 0) is 55.4 Å². The van der Waals surface area contributed by atoms with E-state index in [2.05, 4.69) is 37.5 Å². The molecule has 29 heavy (non-hydrogen) atoms. The number of pyridine rings is 1. The van der Waals surface area contributed by atoms with Crippen molar-refractivity contribution in [3.8, 4) is 5.88 Å². The van der Waals surface area contributed by atoms with E-state index in [9.17, 15) is 0 Å². The van der Waals surface area contributed by atoms with Gasteiger partial charge in [0, 0.05) is 42.0 Å². The first-order chi connectivity index (χ1) is 14.0. The lowest BCUT2D eigenvalue weighted by Gasteiger charge is -2.16. The number of allylic oxidation sites excluding steroid dienone is 1. The molecule has 1 aliphatic heterocycles. The van der Waals surface area contributed by atoms with Gasteiger partial charge in [-0.3, -0.25) is 9.98 Å². The van der Waals surface area contributed by atoms with Crippen LogP contribution in [0, 0.1) is 0 Å². The maximum absolute atomic E-state index is 6.05. The summed E-state index contributed by atoms with van der Waals surface area (Å²) in [7, 11) is 3.29. The number of rotatable bonds is 6. The maximum Gasteiger partial charge on any atom is 0.228 e. The van der Waals surface area contributed by atoms with E-state index in [1.807, 2.05) is 31.2 Å². The molecule has 0 saturated heterocycles. The minimum atomic E-state index is 0.513. The number of dihydropyridines is 1. The molecule has 1 aromatic heterocycles. The van der Waals surface area contributed by atoms with Crippen LogP contribution in [0.15, 0.2) is 74.3 Å². The molecule has 148 valence electrons. The zero-order chi connectivity index (χ0) is 20.8. The van der Waals surface area contributed by atoms with Gasteiger partial charge in [0.1, 0.15) is 0 Å². The molecular formula is C21H20ClN5OS. The van der Waals surface area contributed by atoms with Gasteiger partial charge in [0.25, 0.3) is 0 Å². The molecule has 0 saturated carbocycles. The third-order valence-electron chi connectivity index (χ3n) is 4.09. The van der Waals surface area contributed by atoms with Crippen LogP contribution in [0.1, 0.15) is 12.5 Å². The number of ether oxygens (including phenoxy) is 1. The minimum absolute atomic E-state index is 0.513. The Bertz CT molecular complexity index is 1060. The summed E-state index contributed by atoms with van der Waals surface area (Å²) in [4.78, 5) is 17.6. The van der Waals surface area contributed by atoms with Gasteiger partial charge >= 0.3 is 0 Å². The van der Waals surface area contributed by atoms with Crippen LogP contribution in [0.5, 0.6) is 5.88 Å². The number of methoxy groups -OCH3 is 1. The molecule has 2 aromatic rings. The van der Waals surface area contributed by atoms with E-state index in [1.165, 1.54) is 11.9 Å². The van der Waals surface area contributed by atoms with Gasteiger partial charge in [0.2, 0.25) is 5.88 Å². The van der Waals surface area contributed by atoms with Crippen molar-refractivity contribution in [1.29, 1.82) is 0 Å². The standard InChI is InChI=1S/C21H20ClN5OS/c1-13-18(9-15(11-23-2)20(24-3)26-13)14-6-5-7-17(8-14)27-29-19-10-16(22)12-25-21(19)28-4/h5-12,27H,2H2,1,3-4H3/b15-11-,24-20?. The second kappa shape index (κ2) is 9.54. The van der Waals surface area contributed by atoms with Gasteiger partial charge in [-0.15, -0.1) is 0 Å². The third-order valence-corrected chi connectivity index (χ3v) is 5.15. The number of amidine groups is 1. The number of nitrogens with one attached hydrogen (secondary N) is 1. The molecule has 2 heterocycles. The molecule has 1 aliphatic rings. The minimum Gasteiger partial charge on any atom is -0.480 e. The lowest BCUT2D eigenvalue weighted by molar-refractivity contribution is 0.387. The molecule has 6 nitrogen and oxygen atoms in total. The summed E-state index contributed by atoms with van der Waals surface area (Å²) in [5, 5.41) is 0.548. The summed E-state index contributed by atoms with van der Waals surface area (Å²) in [5.41, 5.74) is 4.66. The average molecular weight is 426 g/mol. The number of aliphatic imine (C=N–C) groups is 3. The normalized spacial score (nSPS) is 16.4. The van der Waals surface area contributed by atoms with Crippen molar-refractivity contribution in [3.05, 3.63) is 65.0 Å². The summed E-state index contributed by atoms with van der Waals surface area (Å²) in [6, 6.07) is 9.86. The van der Waals surface area contributed by atoms with Crippen molar-refractivity contribution in [1.82, 2.24) is 4.98 Å². The lowest BCUT2D eigenvalue weighted by atomic mass is 9.96. The Labute approximate surface area is 179 Å². The smallest absolute Gasteiger partial charge is 0.228 e. The Hall–Kier alpha value is -2.90. The number of halogens is 1. The van der Waals surface area contributed by atoms with Crippen LogP contribution in [-0.4, -0.2) is 37.4 Å². The Morgan fingerprint density at radius 1 is 1.31 bits per heavy atom. The number of anilines is 1. The van der Waals surface area contributed by atoms with E-state index < -0.39 is 0 Å². The molecule has 0 unspecified atom stereocenters. The van der Waals surface area contributed by atoms with Crippen LogP contribution in [0.4, 0.5) is 5.69 Å². The third kappa shape index (κ3) is 4.93. The van der Waals surface area contributed by atoms with Gasteiger partial charge in [-0.2, -0.15) is 0 Å². The molecule has 0 bridgehead atoms. The van der Waals surface area contributed by atoms with Crippen LogP contribution < -0.4 is 9.46 Å². The predicted octanol–water partition coefficient (Wildman–Crippen LogP) is 5.33. The summed E-state index contributed by atoms with van der Waals surface area (Å²) in [6.07, 6.45) is 5.24. The molecule has 0 spiro atoms. The van der Waals surface area contributed by atoms with E-state index in [-0.39, 0.29) is 0 Å². The van der Waals surface area contributed by atoms with Crippen LogP contribution in [0.2, 0.25) is 5.02 Å². The highest BCUT2D eigenvalue weighted by Crippen LogP contribution is 2.32. The number of nitrogens with zero attached hydrogens (tertiary/aromatic N) is 4. The Morgan fingerprint density at radius 2 is 2.14 bits per heavy atom. The molecule has 0 aliphatic carbocycles. The predicted molar refractivity (Wildman–Crippen MR) is 124 cm³/mol. The average Bonchev–Trinajstić information content (AvgIpc) is 2.73. The molecular weight excluding hydrogens is 406 g/mol. The second-order valence-electron chi connectivity index (χ2n) is 6.02. The summed E-state index contributed by atoms with van der Waals surface area (Å²) < 4.78 is 8.61. The molecule has 3 rings (SSSR count). The van der Waals surface area contributed by atoms with Gasteiger partial charge in [-0.1, -0.05) is 23.7 Å². The molecule has 8 heteroatoms. The Balaban J connectivity index is 1.87. The van der Waals surface area contributed by atoms with E-state index in [0.29, 0.717) is 16.7 Å². The first-order valence-electron chi connectivity index (χ1n) is 8.69. The van der Waals surface area contributed by atoms with Crippen molar-refractivity contribution in [2.75, 3.05) is 18.9 Å². The fraction of sp³-hybridized carbons (Fsp3) is 0.143. The van der Waals surface area contributed by atoms with Crippen LogP contribution in [0.25, 0.3) is 5.57 Å². The van der Waals surface area contributed by atoms with Crippen LogP contribution >= 0.6 is 23.5 Å². The van der Waals surface area contributed by atoms with Gasteiger partial charge in [-0.25, -0.2) is 9.98 Å². The molecule has 0 amide bonds. The lowest BCUT2D eigenvalue weighted by Crippen LogP contribution is -2.11. The first-order valence-corrected chi connectivity index (χ1v) is 9.88. The SMILES string of the molecule is C=N/C=C1/C=C(c2cccc(NSc3cc(Cl)cnc3OC)c2)C(C)=NC1=NC. The summed E-state index contributed by atoms with van der Waals surface area (Å²) in [5.74, 6) is 1.16. The fourth-order valence-corrected chi connectivity index (χ4v) is 3.76. The maximum atomic E-state index is 6.05. The Kier molecular flexibility index (Phi) is 6.85. The molecule has 0 fully saturated rings. The molecule has 0 atom stereocenters. The highest BCUT2D eigenvalue weighted by atomic mass is 35.5. The monoisotopic (exact) mass is 425 g/mol. The van der Waals surface area contributed by atoms with Crippen molar-refractivity contribution < 1.29 is 4.74 Å². The highest BCUT2D eigenvalue weighted by Gasteiger charge is 2.16. The first kappa shape index (κ1) is 20.8. The second-order valence-corrected chi connectivity index (χ2v) is 7.30. The van der Waals surface area contributed by atoms with Crippen molar-refractivity contribution in [2.45, 2.75) is 11.8 Å². The van der Waals surface area contributed by atoms with Crippen molar-refractivity contribution >= 4 is 53.1 Å². The number of hydrogen-bond acceptors (Lipinski definition) is 6. The highest BCUT2D eigenvalue weighted by molar-refractivity contribution is 8.00. The zero-order valence-corrected chi connectivity index (χ0v) is 17.9. The fourth-order valence-electron chi connectivity index (χ4n) is 2.77. The number of benzene rings is 1. The van der Waals surface area contributed by atoms with Gasteiger partial charge in [0.05, 0.1) is 17.0 Å². The largest absolute Gasteiger partial charge is 0.480 e. The van der Waals surface area contributed by atoms with E-state index in [4.69, 9.17) is 16.3 Å². The van der Waals surface area contributed by atoms with Crippen LogP contribution in [0.3, 0.4) is 0 Å². The summed E-state index contributed by atoms with van der Waals surface area (Å²) >= 11 is 7.44. The van der Waals surface area contributed by atoms with Gasteiger partial charge in [0.15, 0.2) is 5.84 Å². The summed E-state index contributed by atoms with van der Waals surface area (Å²) in [6.45, 7) is 5.50. The number of hydrogen-bond donors (Lipinski definition) is 1. The molecule has 0 radical (unpaired) electrons.